The van der Waals surface area contributed by atoms with Gasteiger partial charge in [-0.1, -0.05) is 37.3 Å². The summed E-state index contributed by atoms with van der Waals surface area (Å²) in [6.07, 6.45) is 4.42. The summed E-state index contributed by atoms with van der Waals surface area (Å²) >= 11 is 0. The van der Waals surface area contributed by atoms with Gasteiger partial charge in [0.25, 0.3) is 0 Å². The fourth-order valence-electron chi connectivity index (χ4n) is 5.64. The summed E-state index contributed by atoms with van der Waals surface area (Å²) in [4.78, 5) is 28.5. The second kappa shape index (κ2) is 9.91. The SMILES string of the molecule is CCC(=O)N1CCN(c2ncnc3c2CCCN(c2cccc4cccc(C)c24)C3)C[C@@H]1CC#N. The number of aryl methyl sites for hydroxylation is 1. The standard InChI is InChI=1S/C28H32N6O/c1-3-26(35)34-16-15-33(17-22(34)12-13-29)28-23-10-6-14-32(18-24(23)30-19-31-28)25-11-5-9-21-8-4-7-20(2)27(21)25/h4-5,7-9,11,19,22H,3,6,10,12,14-18H2,1-2H3/t22-/m0/s1. The maximum absolute atomic E-state index is 12.4. The van der Waals surface area contributed by atoms with Crippen molar-refractivity contribution in [3.8, 4) is 6.07 Å². The van der Waals surface area contributed by atoms with E-state index in [1.807, 2.05) is 11.8 Å². The number of nitrogens with zero attached hydrogens (tertiary/aromatic N) is 6. The van der Waals surface area contributed by atoms with Crippen molar-refractivity contribution in [2.45, 2.75) is 52.1 Å². The summed E-state index contributed by atoms with van der Waals surface area (Å²) < 4.78 is 0. The van der Waals surface area contributed by atoms with Crippen LogP contribution >= 0.6 is 0 Å². The zero-order valence-electron chi connectivity index (χ0n) is 20.6. The molecule has 0 N–H and O–H groups in total. The van der Waals surface area contributed by atoms with Crippen LogP contribution in [0.3, 0.4) is 0 Å². The van der Waals surface area contributed by atoms with E-state index >= 15 is 0 Å². The number of fused-ring (bicyclic) bond motifs is 2. The predicted molar refractivity (Wildman–Crippen MR) is 138 cm³/mol. The topological polar surface area (TPSA) is 76.4 Å². The molecule has 0 unspecified atom stereocenters. The summed E-state index contributed by atoms with van der Waals surface area (Å²) in [6, 6.07) is 15.2. The maximum atomic E-state index is 12.4. The molecule has 1 fully saturated rings. The molecule has 3 heterocycles. The van der Waals surface area contributed by atoms with Crippen molar-refractivity contribution >= 4 is 28.2 Å². The average molecular weight is 469 g/mol. The van der Waals surface area contributed by atoms with Gasteiger partial charge in [-0.3, -0.25) is 4.79 Å². The summed E-state index contributed by atoms with van der Waals surface area (Å²) in [5.41, 5.74) is 4.82. The molecule has 0 aliphatic carbocycles. The predicted octanol–water partition coefficient (Wildman–Crippen LogP) is 4.23. The number of carbonyl (C=O) groups is 1. The lowest BCUT2D eigenvalue weighted by Gasteiger charge is -2.41. The number of carbonyl (C=O) groups excluding carboxylic acids is 1. The van der Waals surface area contributed by atoms with E-state index in [0.29, 0.717) is 25.9 Å². The van der Waals surface area contributed by atoms with Gasteiger partial charge in [0.05, 0.1) is 30.8 Å². The monoisotopic (exact) mass is 468 g/mol. The molecule has 7 heteroatoms. The molecule has 1 aromatic heterocycles. The smallest absolute Gasteiger partial charge is 0.222 e. The first-order valence-corrected chi connectivity index (χ1v) is 12.6. The summed E-state index contributed by atoms with van der Waals surface area (Å²) in [6.45, 7) is 7.74. The van der Waals surface area contributed by atoms with E-state index < -0.39 is 0 Å². The van der Waals surface area contributed by atoms with Gasteiger partial charge in [0.2, 0.25) is 5.91 Å². The van der Waals surface area contributed by atoms with Gasteiger partial charge in [-0.15, -0.1) is 0 Å². The first kappa shape index (κ1) is 23.1. The van der Waals surface area contributed by atoms with Crippen LogP contribution in [-0.2, 0) is 17.8 Å². The van der Waals surface area contributed by atoms with Gasteiger partial charge >= 0.3 is 0 Å². The molecule has 5 rings (SSSR count). The molecule has 1 amide bonds. The van der Waals surface area contributed by atoms with Gasteiger partial charge in [0, 0.05) is 49.2 Å². The number of nitriles is 1. The molecule has 0 spiro atoms. The molecule has 0 bridgehead atoms. The largest absolute Gasteiger partial charge is 0.365 e. The second-order valence-corrected chi connectivity index (χ2v) is 9.50. The Bertz CT molecular complexity index is 1280. The molecule has 35 heavy (non-hydrogen) atoms. The number of hydrogen-bond acceptors (Lipinski definition) is 6. The van der Waals surface area contributed by atoms with E-state index in [0.717, 1.165) is 44.0 Å². The second-order valence-electron chi connectivity index (χ2n) is 9.50. The van der Waals surface area contributed by atoms with Crippen molar-refractivity contribution in [1.29, 1.82) is 5.26 Å². The molecular weight excluding hydrogens is 436 g/mol. The lowest BCUT2D eigenvalue weighted by molar-refractivity contribution is -0.133. The highest BCUT2D eigenvalue weighted by molar-refractivity contribution is 5.96. The van der Waals surface area contributed by atoms with Crippen LogP contribution in [0.4, 0.5) is 11.5 Å². The van der Waals surface area contributed by atoms with Crippen molar-refractivity contribution in [2.24, 2.45) is 0 Å². The molecule has 7 nitrogen and oxygen atoms in total. The summed E-state index contributed by atoms with van der Waals surface area (Å²) in [5, 5.41) is 11.9. The highest BCUT2D eigenvalue weighted by Crippen LogP contribution is 2.34. The third-order valence-electron chi connectivity index (χ3n) is 7.37. The van der Waals surface area contributed by atoms with Gasteiger partial charge in [0.15, 0.2) is 0 Å². The number of hydrogen-bond donors (Lipinski definition) is 0. The molecular formula is C28H32N6O. The van der Waals surface area contributed by atoms with Gasteiger partial charge < -0.3 is 14.7 Å². The van der Waals surface area contributed by atoms with E-state index in [9.17, 15) is 10.1 Å². The van der Waals surface area contributed by atoms with Crippen LogP contribution in [0.5, 0.6) is 0 Å². The van der Waals surface area contributed by atoms with E-state index in [1.165, 1.54) is 27.6 Å². The number of anilines is 2. The molecule has 3 aromatic rings. The number of rotatable bonds is 4. The van der Waals surface area contributed by atoms with Crippen LogP contribution in [0.1, 0.15) is 43.0 Å². The lowest BCUT2D eigenvalue weighted by Crippen LogP contribution is -2.55. The fourth-order valence-corrected chi connectivity index (χ4v) is 5.64. The van der Waals surface area contributed by atoms with Gasteiger partial charge in [0.1, 0.15) is 12.1 Å². The highest BCUT2D eigenvalue weighted by Gasteiger charge is 2.32. The molecule has 2 aliphatic heterocycles. The minimum atomic E-state index is -0.104. The van der Waals surface area contributed by atoms with Crippen LogP contribution in [-0.4, -0.2) is 53.0 Å². The minimum Gasteiger partial charge on any atom is -0.365 e. The Morgan fingerprint density at radius 2 is 1.94 bits per heavy atom. The zero-order valence-corrected chi connectivity index (χ0v) is 20.6. The fraction of sp³-hybridized carbons (Fsp3) is 0.429. The van der Waals surface area contributed by atoms with Gasteiger partial charge in [-0.25, -0.2) is 9.97 Å². The molecule has 2 aliphatic rings. The van der Waals surface area contributed by atoms with Crippen LogP contribution in [0.15, 0.2) is 42.7 Å². The normalized spacial score (nSPS) is 18.2. The Kier molecular flexibility index (Phi) is 6.54. The van der Waals surface area contributed by atoms with Crippen molar-refractivity contribution in [3.63, 3.8) is 0 Å². The number of aromatic nitrogens is 2. The Labute approximate surface area is 207 Å². The first-order valence-electron chi connectivity index (χ1n) is 12.6. The Balaban J connectivity index is 1.45. The molecule has 1 saturated heterocycles. The molecule has 0 radical (unpaired) electrons. The number of benzene rings is 2. The van der Waals surface area contributed by atoms with Crippen LogP contribution in [0.2, 0.25) is 0 Å². The Morgan fingerprint density at radius 3 is 2.74 bits per heavy atom. The van der Waals surface area contributed by atoms with Gasteiger partial charge in [-0.05, 0) is 36.8 Å². The molecule has 0 saturated carbocycles. The van der Waals surface area contributed by atoms with Crippen molar-refractivity contribution < 1.29 is 4.79 Å². The Hall–Kier alpha value is -3.66. The third-order valence-corrected chi connectivity index (χ3v) is 7.37. The van der Waals surface area contributed by atoms with E-state index in [-0.39, 0.29) is 11.9 Å². The quantitative estimate of drug-likeness (QED) is 0.570. The minimum absolute atomic E-state index is 0.104. The van der Waals surface area contributed by atoms with Crippen molar-refractivity contribution in [1.82, 2.24) is 14.9 Å². The molecule has 1 atom stereocenters. The molecule has 2 aromatic carbocycles. The number of piperazine rings is 1. The van der Waals surface area contributed by atoms with Crippen molar-refractivity contribution in [2.75, 3.05) is 36.0 Å². The first-order chi connectivity index (χ1) is 17.1. The average Bonchev–Trinajstić information content (AvgIpc) is 3.11. The van der Waals surface area contributed by atoms with Crippen LogP contribution < -0.4 is 9.80 Å². The summed E-state index contributed by atoms with van der Waals surface area (Å²) in [5.74, 6) is 1.09. The van der Waals surface area contributed by atoms with Crippen LogP contribution in [0.25, 0.3) is 10.8 Å². The molecule has 180 valence electrons. The highest BCUT2D eigenvalue weighted by atomic mass is 16.2. The zero-order chi connectivity index (χ0) is 24.4. The van der Waals surface area contributed by atoms with E-state index in [4.69, 9.17) is 9.97 Å². The Morgan fingerprint density at radius 1 is 1.11 bits per heavy atom. The van der Waals surface area contributed by atoms with Crippen LogP contribution in [0, 0.1) is 18.3 Å². The third kappa shape index (κ3) is 4.41. The van der Waals surface area contributed by atoms with E-state index in [1.54, 1.807) is 6.33 Å². The van der Waals surface area contributed by atoms with Gasteiger partial charge in [-0.2, -0.15) is 5.26 Å². The lowest BCUT2D eigenvalue weighted by atomic mass is 10.0. The van der Waals surface area contributed by atoms with Crippen molar-refractivity contribution in [3.05, 3.63) is 59.5 Å². The van der Waals surface area contributed by atoms with E-state index in [2.05, 4.69) is 59.2 Å². The maximum Gasteiger partial charge on any atom is 0.222 e. The summed E-state index contributed by atoms with van der Waals surface area (Å²) in [7, 11) is 0. The number of amides is 1.